The molecular weight excluding hydrogens is 427 g/mol. The second-order valence-electron chi connectivity index (χ2n) is 7.05. The van der Waals surface area contributed by atoms with Gasteiger partial charge in [0.15, 0.2) is 0 Å². The molecule has 0 aromatic heterocycles. The van der Waals surface area contributed by atoms with Crippen molar-refractivity contribution in [3.8, 4) is 5.75 Å². The SMILES string of the molecule is C=C(O)C1CN(c2ccc(Cl)c(OC)c2)CCN1C(=O)OC(C)(C)C.ClCCl. The van der Waals surface area contributed by atoms with Crippen molar-refractivity contribution < 1.29 is 19.4 Å². The Bertz CT molecular complexity index is 680. The maximum absolute atomic E-state index is 12.4. The average molecular weight is 454 g/mol. The first kappa shape index (κ1) is 24.5. The molecule has 1 heterocycles. The van der Waals surface area contributed by atoms with Crippen molar-refractivity contribution in [3.05, 3.63) is 35.6 Å². The summed E-state index contributed by atoms with van der Waals surface area (Å²) in [6.45, 7) is 10.4. The number of anilines is 1. The Kier molecular flexibility index (Phi) is 9.54. The number of benzene rings is 1. The Hall–Kier alpha value is -1.50. The summed E-state index contributed by atoms with van der Waals surface area (Å²) in [4.78, 5) is 16.0. The number of aliphatic hydroxyl groups is 1. The number of rotatable bonds is 3. The van der Waals surface area contributed by atoms with Crippen LogP contribution in [0.5, 0.6) is 5.75 Å². The summed E-state index contributed by atoms with van der Waals surface area (Å²) in [5.41, 5.74) is 0.301. The minimum absolute atomic E-state index is 0.0727. The van der Waals surface area contributed by atoms with Crippen LogP contribution in [0.1, 0.15) is 20.8 Å². The van der Waals surface area contributed by atoms with Crippen molar-refractivity contribution in [1.29, 1.82) is 0 Å². The summed E-state index contributed by atoms with van der Waals surface area (Å²) in [5.74, 6) is 0.504. The van der Waals surface area contributed by atoms with Gasteiger partial charge in [-0.2, -0.15) is 0 Å². The second kappa shape index (κ2) is 10.9. The number of amides is 1. The number of carbonyl (C=O) groups excluding carboxylic acids is 1. The van der Waals surface area contributed by atoms with Crippen LogP contribution in [0.25, 0.3) is 0 Å². The molecule has 0 aliphatic carbocycles. The van der Waals surface area contributed by atoms with Gasteiger partial charge in [0, 0.05) is 31.4 Å². The van der Waals surface area contributed by atoms with Gasteiger partial charge in [-0.1, -0.05) is 18.2 Å². The summed E-state index contributed by atoms with van der Waals surface area (Å²) in [6, 6.07) is 4.93. The van der Waals surface area contributed by atoms with Crippen molar-refractivity contribution in [2.75, 3.05) is 37.0 Å². The largest absolute Gasteiger partial charge is 0.511 e. The molecule has 158 valence electrons. The molecule has 1 aliphatic heterocycles. The Morgan fingerprint density at radius 3 is 2.43 bits per heavy atom. The van der Waals surface area contributed by atoms with E-state index in [0.29, 0.717) is 30.4 Å². The fraction of sp³-hybridized carbons (Fsp3) is 0.526. The molecule has 1 fully saturated rings. The highest BCUT2D eigenvalue weighted by atomic mass is 35.5. The lowest BCUT2D eigenvalue weighted by atomic mass is 10.1. The van der Waals surface area contributed by atoms with E-state index in [1.807, 2.05) is 37.8 Å². The zero-order valence-electron chi connectivity index (χ0n) is 16.5. The van der Waals surface area contributed by atoms with Crippen LogP contribution in [-0.2, 0) is 4.74 Å². The lowest BCUT2D eigenvalue weighted by molar-refractivity contribution is 0.0137. The summed E-state index contributed by atoms with van der Waals surface area (Å²) in [5, 5.41) is 10.7. The van der Waals surface area contributed by atoms with Gasteiger partial charge < -0.3 is 19.5 Å². The molecule has 0 radical (unpaired) electrons. The molecule has 1 N–H and O–H groups in total. The van der Waals surface area contributed by atoms with Crippen molar-refractivity contribution >= 4 is 46.6 Å². The van der Waals surface area contributed by atoms with E-state index in [2.05, 4.69) is 6.58 Å². The fourth-order valence-electron chi connectivity index (χ4n) is 2.69. The lowest BCUT2D eigenvalue weighted by Crippen LogP contribution is -2.56. The van der Waals surface area contributed by atoms with Crippen LogP contribution in [0.3, 0.4) is 0 Å². The zero-order valence-corrected chi connectivity index (χ0v) is 18.8. The molecule has 1 amide bonds. The van der Waals surface area contributed by atoms with E-state index < -0.39 is 17.7 Å². The number of nitrogens with zero attached hydrogens (tertiary/aromatic N) is 2. The highest BCUT2D eigenvalue weighted by Gasteiger charge is 2.35. The zero-order chi connectivity index (χ0) is 21.5. The first-order valence-electron chi connectivity index (χ1n) is 8.61. The van der Waals surface area contributed by atoms with E-state index >= 15 is 0 Å². The van der Waals surface area contributed by atoms with E-state index in [4.69, 9.17) is 44.3 Å². The molecule has 28 heavy (non-hydrogen) atoms. The molecule has 0 saturated carbocycles. The van der Waals surface area contributed by atoms with E-state index in [0.717, 1.165) is 5.69 Å². The Morgan fingerprint density at radius 2 is 1.93 bits per heavy atom. The van der Waals surface area contributed by atoms with Gasteiger partial charge >= 0.3 is 6.09 Å². The summed E-state index contributed by atoms with van der Waals surface area (Å²) in [7, 11) is 1.56. The molecule has 1 aliphatic rings. The van der Waals surface area contributed by atoms with E-state index in [1.54, 1.807) is 13.2 Å². The Balaban J connectivity index is 0.00000122. The third-order valence-electron chi connectivity index (χ3n) is 3.89. The summed E-state index contributed by atoms with van der Waals surface area (Å²) in [6.07, 6.45) is -0.457. The predicted octanol–water partition coefficient (Wildman–Crippen LogP) is 5.27. The van der Waals surface area contributed by atoms with Crippen molar-refractivity contribution in [1.82, 2.24) is 4.90 Å². The number of carbonyl (C=O) groups is 1. The van der Waals surface area contributed by atoms with E-state index in [-0.39, 0.29) is 11.1 Å². The lowest BCUT2D eigenvalue weighted by Gasteiger charge is -2.42. The normalized spacial score (nSPS) is 16.8. The van der Waals surface area contributed by atoms with E-state index in [1.165, 1.54) is 4.90 Å². The van der Waals surface area contributed by atoms with Crippen LogP contribution < -0.4 is 9.64 Å². The standard InChI is InChI=1S/C18H25ClN2O4.CH2Cl2/c1-12(22)15-11-20(13-6-7-14(19)16(10-13)24-5)8-9-21(15)17(23)25-18(2,3)4;2-1-3/h6-7,10,15,22H,1,8-9,11H2,2-5H3;1H2. The molecule has 1 aromatic carbocycles. The topological polar surface area (TPSA) is 62.2 Å². The smallest absolute Gasteiger partial charge is 0.411 e. The molecule has 1 atom stereocenters. The molecule has 1 aromatic rings. The first-order valence-corrected chi connectivity index (χ1v) is 10.1. The van der Waals surface area contributed by atoms with Crippen molar-refractivity contribution in [3.63, 3.8) is 0 Å². The van der Waals surface area contributed by atoms with Gasteiger partial charge in [0.1, 0.15) is 23.2 Å². The molecule has 1 saturated heterocycles. The molecule has 9 heteroatoms. The third-order valence-corrected chi connectivity index (χ3v) is 4.21. The minimum atomic E-state index is -0.598. The maximum Gasteiger partial charge on any atom is 0.411 e. The molecular formula is C19H27Cl3N2O4. The van der Waals surface area contributed by atoms with Gasteiger partial charge in [0.25, 0.3) is 0 Å². The monoisotopic (exact) mass is 452 g/mol. The Labute approximate surface area is 181 Å². The number of hydrogen-bond donors (Lipinski definition) is 1. The Morgan fingerprint density at radius 1 is 1.32 bits per heavy atom. The number of aliphatic hydroxyl groups excluding tert-OH is 1. The van der Waals surface area contributed by atoms with Gasteiger partial charge in [0.05, 0.1) is 17.5 Å². The summed E-state index contributed by atoms with van der Waals surface area (Å²) < 4.78 is 10.7. The second-order valence-corrected chi connectivity index (χ2v) is 8.26. The average Bonchev–Trinajstić information content (AvgIpc) is 2.60. The van der Waals surface area contributed by atoms with Crippen LogP contribution in [0, 0.1) is 0 Å². The van der Waals surface area contributed by atoms with Gasteiger partial charge in [0.2, 0.25) is 0 Å². The summed E-state index contributed by atoms with van der Waals surface area (Å²) >= 11 is 15.6. The van der Waals surface area contributed by atoms with Crippen LogP contribution in [0.2, 0.25) is 5.02 Å². The van der Waals surface area contributed by atoms with Gasteiger partial charge in [-0.15, -0.1) is 23.2 Å². The van der Waals surface area contributed by atoms with Crippen molar-refractivity contribution in [2.45, 2.75) is 32.4 Å². The van der Waals surface area contributed by atoms with Gasteiger partial charge in [-0.25, -0.2) is 4.79 Å². The van der Waals surface area contributed by atoms with E-state index in [9.17, 15) is 9.90 Å². The minimum Gasteiger partial charge on any atom is -0.511 e. The molecule has 0 bridgehead atoms. The number of ether oxygens (including phenoxy) is 2. The maximum atomic E-state index is 12.4. The highest BCUT2D eigenvalue weighted by molar-refractivity contribution is 6.40. The quantitative estimate of drug-likeness (QED) is 0.499. The molecule has 0 spiro atoms. The van der Waals surface area contributed by atoms with Crippen LogP contribution in [0.15, 0.2) is 30.5 Å². The first-order chi connectivity index (χ1) is 13.0. The predicted molar refractivity (Wildman–Crippen MR) is 115 cm³/mol. The third kappa shape index (κ3) is 7.15. The highest BCUT2D eigenvalue weighted by Crippen LogP contribution is 2.31. The van der Waals surface area contributed by atoms with Gasteiger partial charge in [-0.05, 0) is 32.9 Å². The van der Waals surface area contributed by atoms with Crippen LogP contribution in [0.4, 0.5) is 10.5 Å². The number of alkyl halides is 2. The number of piperazine rings is 1. The molecule has 2 rings (SSSR count). The molecule has 6 nitrogen and oxygen atoms in total. The van der Waals surface area contributed by atoms with Crippen LogP contribution >= 0.6 is 34.8 Å². The van der Waals surface area contributed by atoms with Gasteiger partial charge in [-0.3, -0.25) is 4.90 Å². The van der Waals surface area contributed by atoms with Crippen molar-refractivity contribution in [2.24, 2.45) is 0 Å². The fourth-order valence-corrected chi connectivity index (χ4v) is 2.88. The number of hydrogen-bond acceptors (Lipinski definition) is 5. The molecule has 1 unspecified atom stereocenters. The van der Waals surface area contributed by atoms with Crippen LogP contribution in [-0.4, -0.2) is 59.8 Å². The number of methoxy groups -OCH3 is 1. The number of halogens is 3.